The molecule has 126 heavy (non-hydrogen) atoms. The number of nitrogens with zero attached hydrogens (tertiary/aromatic N) is 15. The van der Waals surface area contributed by atoms with Crippen LogP contribution in [0.3, 0.4) is 0 Å². The standard InChI is InChI=1S/C24H27N5O4.C23H27N5O3.C22H22IN5O4.6C4H9.CH4.B.Li.Pd.2Pt.H/c1-4-17-11-12-25-22(21(17)24(31)32-3)33-18-10-9-16(2)28(15-18)23(30)19-7-5-6-8-20(19)29-26-13-14-27-29;1-3-17-10-11-24-22(20(17)15-29)31-18-9-8-16(2)27(14-18)23(30)19-6-4-5-7-21(19)28-25-12-13-26-28;1-14-7-8-15(32-20-19(22(30)31-2)17(23)9-10-24-20)13-27(14)21(29)16-5-3-4-6-18(16)28-25-11-12-26-28;6*1-3-4-2;;;;;;;/h5-8,11-14,16,18H,4,9-10,15H2,1-3H3;4-7,10-13,16,18,29H,3,8-9,14-15H2,1-2H3;3-6,9-12,14-15H,7-8,13H2,1-2H3;6*1,3-4H2,2H3;1H4;;;;;;/q;;;6*-1;;;+1;;;;-1/t2*16-,18-;14-,15-;;;;;;;;;;;;;/m111............./s1. The van der Waals surface area contributed by atoms with Crippen LogP contribution < -0.4 is 33.1 Å². The molecule has 32 heteroatoms. The van der Waals surface area contributed by atoms with Gasteiger partial charge < -0.3 is 86.5 Å². The van der Waals surface area contributed by atoms with Crippen molar-refractivity contribution in [2.45, 2.75) is 255 Å². The van der Waals surface area contributed by atoms with E-state index in [-0.39, 0.29) is 171 Å². The van der Waals surface area contributed by atoms with Gasteiger partial charge in [0, 0.05) is 117 Å². The number of esters is 2. The summed E-state index contributed by atoms with van der Waals surface area (Å²) >= 11 is 2.05. The van der Waals surface area contributed by atoms with Gasteiger partial charge in [-0.25, -0.2) is 24.5 Å². The van der Waals surface area contributed by atoms with Crippen LogP contribution in [0.1, 0.15) is 269 Å². The van der Waals surface area contributed by atoms with Gasteiger partial charge in [-0.2, -0.15) is 83.5 Å². The van der Waals surface area contributed by atoms with Crippen molar-refractivity contribution < 1.29 is 136 Å². The van der Waals surface area contributed by atoms with Crippen molar-refractivity contribution in [2.24, 2.45) is 0 Å². The fraction of sp³-hybridized carbons (Fsp3) is 0.468. The molecule has 3 fully saturated rings. The first kappa shape index (κ1) is 123. The van der Waals surface area contributed by atoms with E-state index in [1.807, 2.05) is 93.3 Å². The topological polar surface area (TPSA) is 292 Å². The Labute approximate surface area is 823 Å². The molecule has 0 saturated carbocycles. The molecule has 3 amide bonds. The van der Waals surface area contributed by atoms with Crippen molar-refractivity contribution in [1.29, 1.82) is 0 Å². The molecular weight excluding hydrogens is 2160 g/mol. The summed E-state index contributed by atoms with van der Waals surface area (Å²) in [5, 5.41) is 34.8. The molecule has 699 valence electrons. The third-order valence-corrected chi connectivity index (χ3v) is 20.1. The Kier molecular flexibility index (Phi) is 68.8. The van der Waals surface area contributed by atoms with Gasteiger partial charge in [0.25, 0.3) is 17.7 Å². The van der Waals surface area contributed by atoms with E-state index in [1.165, 1.54) is 67.1 Å². The van der Waals surface area contributed by atoms with E-state index in [9.17, 15) is 29.1 Å². The first-order chi connectivity index (χ1) is 58.1. The zero-order chi connectivity index (χ0) is 88.3. The van der Waals surface area contributed by atoms with Gasteiger partial charge in [-0.15, -0.1) is 0 Å². The number of aryl methyl sites for hydroxylation is 2. The number of amides is 3. The van der Waals surface area contributed by atoms with Crippen LogP contribution in [0.15, 0.2) is 147 Å². The van der Waals surface area contributed by atoms with Crippen molar-refractivity contribution in [3.63, 3.8) is 0 Å². The number of ether oxygens (including phenoxy) is 5. The third-order valence-electron chi connectivity index (χ3n) is 19.2. The minimum atomic E-state index is -0.504. The normalized spacial score (nSPS) is 15.4. The quantitative estimate of drug-likeness (QED) is 0.0269. The first-order valence-electron chi connectivity index (χ1n) is 42.1. The van der Waals surface area contributed by atoms with Crippen LogP contribution in [-0.4, -0.2) is 188 Å². The van der Waals surface area contributed by atoms with E-state index < -0.39 is 11.9 Å². The molecule has 3 aromatic carbocycles. The van der Waals surface area contributed by atoms with Gasteiger partial charge >= 0.3 is 30.8 Å². The van der Waals surface area contributed by atoms with Gasteiger partial charge in [0.05, 0.1) is 111 Å². The monoisotopic (exact) mass is 2290 g/mol. The van der Waals surface area contributed by atoms with Crippen LogP contribution >= 0.6 is 22.6 Å². The summed E-state index contributed by atoms with van der Waals surface area (Å²) in [7, 11) is 2.66. The Balaban J connectivity index is -0.000000770. The molecule has 12 rings (SSSR count). The maximum atomic E-state index is 13.6. The molecule has 9 heterocycles. The summed E-state index contributed by atoms with van der Waals surface area (Å²) in [6, 6.07) is 27.4. The molecule has 1 N–H and O–H groups in total. The Hall–Kier alpha value is -7.33. The van der Waals surface area contributed by atoms with Gasteiger partial charge in [-0.3, -0.25) is 14.4 Å². The predicted molar refractivity (Wildman–Crippen MR) is 494 cm³/mol. The number of piperidine rings is 3. The fourth-order valence-electron chi connectivity index (χ4n) is 11.9. The predicted octanol–water partition coefficient (Wildman–Crippen LogP) is 16.1. The van der Waals surface area contributed by atoms with Gasteiger partial charge in [0.15, 0.2) is 0 Å². The summed E-state index contributed by atoms with van der Waals surface area (Å²) in [6.07, 6.45) is 33.3. The van der Waals surface area contributed by atoms with Crippen LogP contribution in [0.2, 0.25) is 0 Å². The van der Waals surface area contributed by atoms with E-state index in [0.717, 1.165) is 100 Å². The molecule has 3 aliphatic rings. The molecule has 3 saturated heterocycles. The second-order valence-corrected chi connectivity index (χ2v) is 29.4. The summed E-state index contributed by atoms with van der Waals surface area (Å²) < 4.78 is 29.0. The number of hydrogen-bond donors (Lipinski definition) is 1. The number of hydrogen-bond acceptors (Lipinski definition) is 20. The number of unbranched alkanes of at least 4 members (excludes halogenated alkanes) is 6. The van der Waals surface area contributed by atoms with Crippen molar-refractivity contribution in [1.82, 2.24) is 74.6 Å². The van der Waals surface area contributed by atoms with Crippen molar-refractivity contribution >= 4 is 60.7 Å². The molecule has 0 aliphatic carbocycles. The molecule has 26 nitrogen and oxygen atoms in total. The van der Waals surface area contributed by atoms with Gasteiger partial charge in [0.2, 0.25) is 17.6 Å². The number of benzene rings is 3. The number of aliphatic hydroxyl groups is 1. The largest absolute Gasteiger partial charge is 1.00 e. The molecule has 9 aromatic rings. The smallest absolute Gasteiger partial charge is 1.00 e. The second-order valence-electron chi connectivity index (χ2n) is 28.2. The third kappa shape index (κ3) is 39.2. The number of pyridine rings is 3. The number of aromatic nitrogens is 12. The Morgan fingerprint density at radius 3 is 0.968 bits per heavy atom. The number of likely N-dealkylation sites (tertiary alicyclic amines) is 3. The molecule has 0 unspecified atom stereocenters. The second kappa shape index (κ2) is 70.6. The number of carbonyl (C=O) groups is 5. The van der Waals surface area contributed by atoms with Crippen LogP contribution in [0.4, 0.5) is 0 Å². The van der Waals surface area contributed by atoms with Crippen LogP contribution in [0.25, 0.3) is 17.1 Å². The van der Waals surface area contributed by atoms with E-state index in [2.05, 4.69) is 158 Å². The average Bonchev–Trinajstić information content (AvgIpc) is 1.69. The maximum absolute atomic E-state index is 13.6. The van der Waals surface area contributed by atoms with Crippen molar-refractivity contribution in [3.8, 4) is 34.7 Å². The zero-order valence-corrected chi connectivity index (χ0v) is 83.9. The number of methoxy groups -OCH3 is 2. The van der Waals surface area contributed by atoms with Gasteiger partial charge in [0.1, 0.15) is 29.4 Å². The zero-order valence-electron chi connectivity index (χ0n) is 76.7. The number of para-hydroxylation sites is 3. The Morgan fingerprint density at radius 2 is 0.683 bits per heavy atom. The summed E-state index contributed by atoms with van der Waals surface area (Å²) in [5.74, 6) is -0.384. The molecular formula is C94H135BILiN15O11PdPt2-6. The number of carbonyl (C=O) groups excluding carboxylic acids is 5. The van der Waals surface area contributed by atoms with E-state index in [0.29, 0.717) is 80.4 Å². The minimum Gasteiger partial charge on any atom is -1.00 e. The summed E-state index contributed by atoms with van der Waals surface area (Å²) in [5.41, 5.74) is 6.64. The maximum Gasteiger partial charge on any atom is 1.00 e. The van der Waals surface area contributed by atoms with Gasteiger partial charge in [-0.05, 0) is 160 Å². The molecule has 0 bridgehead atoms. The molecule has 3 aliphatic heterocycles. The minimum absolute atomic E-state index is 0. The average molecular weight is 2290 g/mol. The van der Waals surface area contributed by atoms with E-state index >= 15 is 0 Å². The van der Waals surface area contributed by atoms with Gasteiger partial charge in [-0.1, -0.05) is 138 Å². The molecule has 3 radical (unpaired) electrons. The van der Waals surface area contributed by atoms with E-state index in [1.54, 1.807) is 95.9 Å². The molecule has 6 atom stereocenters. The van der Waals surface area contributed by atoms with Crippen LogP contribution in [-0.2, 0) is 91.5 Å². The SMILES string of the molecule is C.CCc1ccnc(O[C@@H]2CC[C@@H](C)N(C(=O)c3ccccc3-n3nccn3)C2)c1C(=O)OC.CCc1ccnc(O[C@@H]2CC[C@@H](C)N(C(=O)c3ccccc3-n3nccn3)C2)c1CO.COC(=O)c1c(I)ccnc1O[C@@H]1CC[C@@H](C)N(C(=O)c2ccccc2-n2nccn2)C1.[B].[CH2-]CCC.[CH2-]CCC.[CH2-]CCC.[CH2-]CCC.[CH2-]CCC.[CH2-]CCC.[H-].[Li+].[Pd].[Pt].[Pt]. The Morgan fingerprint density at radius 1 is 0.421 bits per heavy atom. The van der Waals surface area contributed by atoms with Crippen LogP contribution in [0.5, 0.6) is 17.6 Å². The first-order valence-corrected chi connectivity index (χ1v) is 43.1. The van der Waals surface area contributed by atoms with Crippen molar-refractivity contribution in [2.75, 3.05) is 33.9 Å². The fourth-order valence-corrected chi connectivity index (χ4v) is 12.5. The number of aliphatic hydroxyl groups excluding tert-OH is 1. The van der Waals surface area contributed by atoms with Crippen molar-refractivity contribution in [3.05, 3.63) is 236 Å². The Bertz CT molecular complexity index is 4370. The van der Waals surface area contributed by atoms with E-state index in [4.69, 9.17) is 23.7 Å². The number of rotatable bonds is 23. The summed E-state index contributed by atoms with van der Waals surface area (Å²) in [4.78, 5) is 87.9. The molecule has 0 spiro atoms. The molecule has 6 aromatic heterocycles. The van der Waals surface area contributed by atoms with Crippen LogP contribution in [0, 0.1) is 45.1 Å². The number of halogens is 1. The summed E-state index contributed by atoms with van der Waals surface area (Å²) in [6.45, 7) is 45.5.